The van der Waals surface area contributed by atoms with Gasteiger partial charge in [0.05, 0.1) is 4.90 Å². The van der Waals surface area contributed by atoms with E-state index in [1.54, 1.807) is 12.1 Å². The number of nitrogens with zero attached hydrogens (tertiary/aromatic N) is 1. The van der Waals surface area contributed by atoms with Crippen molar-refractivity contribution in [3.05, 3.63) is 42.5 Å². The molecule has 0 amide bonds. The highest BCUT2D eigenvalue weighted by molar-refractivity contribution is 7.89. The molecule has 0 aliphatic rings. The van der Waals surface area contributed by atoms with Crippen molar-refractivity contribution in [1.29, 1.82) is 0 Å². The molecule has 0 aliphatic carbocycles. The molecule has 0 radical (unpaired) electrons. The van der Waals surface area contributed by atoms with E-state index in [2.05, 4.69) is 23.7 Å². The Morgan fingerprint density at radius 2 is 1.61 bits per heavy atom. The van der Waals surface area contributed by atoms with E-state index in [0.717, 1.165) is 43.0 Å². The molecule has 5 heteroatoms. The number of benzene rings is 2. The maximum absolute atomic E-state index is 12.3. The lowest BCUT2D eigenvalue weighted by Gasteiger charge is -2.09. The zero-order chi connectivity index (χ0) is 16.7. The highest BCUT2D eigenvalue weighted by Crippen LogP contribution is 2.18. The molecule has 0 fully saturated rings. The van der Waals surface area contributed by atoms with E-state index in [9.17, 15) is 8.42 Å². The average Bonchev–Trinajstić information content (AvgIpc) is 2.53. The summed E-state index contributed by atoms with van der Waals surface area (Å²) in [6, 6.07) is 13.0. The Hall–Kier alpha value is -1.43. The summed E-state index contributed by atoms with van der Waals surface area (Å²) >= 11 is 0. The van der Waals surface area contributed by atoms with Crippen molar-refractivity contribution in [2.75, 3.05) is 27.2 Å². The summed E-state index contributed by atoms with van der Waals surface area (Å²) in [7, 11) is 0.718. The summed E-state index contributed by atoms with van der Waals surface area (Å²) < 4.78 is 27.4. The molecule has 0 saturated heterocycles. The molecule has 0 saturated carbocycles. The number of hydrogen-bond acceptors (Lipinski definition) is 3. The van der Waals surface area contributed by atoms with Crippen LogP contribution < -0.4 is 4.72 Å². The summed E-state index contributed by atoms with van der Waals surface area (Å²) in [5, 5.41) is 1.99. The summed E-state index contributed by atoms with van der Waals surface area (Å²) in [5.74, 6) is 0. The van der Waals surface area contributed by atoms with Crippen LogP contribution in [0.4, 0.5) is 0 Å². The largest absolute Gasteiger partial charge is 0.309 e. The number of unbranched alkanes of at least 4 members (excludes halogenated alkanes) is 3. The van der Waals surface area contributed by atoms with Crippen molar-refractivity contribution in [2.24, 2.45) is 0 Å². The van der Waals surface area contributed by atoms with Crippen molar-refractivity contribution >= 4 is 20.8 Å². The molecule has 0 atom stereocenters. The summed E-state index contributed by atoms with van der Waals surface area (Å²) in [4.78, 5) is 2.51. The minimum absolute atomic E-state index is 0.337. The van der Waals surface area contributed by atoms with Gasteiger partial charge in [0.1, 0.15) is 0 Å². The van der Waals surface area contributed by atoms with Gasteiger partial charge in [-0.05, 0) is 56.4 Å². The van der Waals surface area contributed by atoms with Gasteiger partial charge < -0.3 is 4.90 Å². The topological polar surface area (TPSA) is 49.4 Å². The van der Waals surface area contributed by atoms with Crippen molar-refractivity contribution in [2.45, 2.75) is 30.6 Å². The van der Waals surface area contributed by atoms with E-state index in [1.165, 1.54) is 0 Å². The zero-order valence-electron chi connectivity index (χ0n) is 14.0. The molecule has 0 aromatic heterocycles. The van der Waals surface area contributed by atoms with Crippen molar-refractivity contribution in [3.63, 3.8) is 0 Å². The summed E-state index contributed by atoms with van der Waals surface area (Å²) in [6.07, 6.45) is 4.22. The van der Waals surface area contributed by atoms with Crippen LogP contribution in [0.15, 0.2) is 47.4 Å². The normalized spacial score (nSPS) is 12.1. The molecule has 4 nitrogen and oxygen atoms in total. The fraction of sp³-hybridized carbons (Fsp3) is 0.444. The van der Waals surface area contributed by atoms with Crippen LogP contribution in [-0.4, -0.2) is 40.5 Å². The minimum Gasteiger partial charge on any atom is -0.309 e. The van der Waals surface area contributed by atoms with E-state index < -0.39 is 10.0 Å². The Labute approximate surface area is 139 Å². The first-order valence-corrected chi connectivity index (χ1v) is 9.60. The minimum atomic E-state index is -3.42. The van der Waals surface area contributed by atoms with Crippen LogP contribution in [0.3, 0.4) is 0 Å². The molecule has 1 N–H and O–H groups in total. The van der Waals surface area contributed by atoms with Crippen LogP contribution in [0.2, 0.25) is 0 Å². The van der Waals surface area contributed by atoms with Gasteiger partial charge in [-0.2, -0.15) is 0 Å². The molecule has 0 unspecified atom stereocenters. The van der Waals surface area contributed by atoms with Gasteiger partial charge in [-0.3, -0.25) is 0 Å². The zero-order valence-corrected chi connectivity index (χ0v) is 14.8. The van der Waals surface area contributed by atoms with Crippen LogP contribution in [0, 0.1) is 0 Å². The first kappa shape index (κ1) is 17.9. The monoisotopic (exact) mass is 334 g/mol. The van der Waals surface area contributed by atoms with Gasteiger partial charge in [-0.15, -0.1) is 0 Å². The Bertz CT molecular complexity index is 727. The molecule has 0 spiro atoms. The average molecular weight is 334 g/mol. The smallest absolute Gasteiger partial charge is 0.240 e. The van der Waals surface area contributed by atoms with Crippen LogP contribution in [0.25, 0.3) is 10.8 Å². The standard InChI is InChI=1S/C18H26N2O2S/c1-20(2)14-8-4-3-7-13-19-23(21,22)18-12-11-16-9-5-6-10-17(16)15-18/h5-6,9-12,15,19H,3-4,7-8,13-14H2,1-2H3. The van der Waals surface area contributed by atoms with E-state index in [4.69, 9.17) is 0 Å². The molecule has 0 aliphatic heterocycles. The first-order chi connectivity index (χ1) is 11.0. The fourth-order valence-electron chi connectivity index (χ4n) is 2.53. The maximum atomic E-state index is 12.3. The van der Waals surface area contributed by atoms with Crippen LogP contribution in [0.5, 0.6) is 0 Å². The molecule has 2 rings (SSSR count). The van der Waals surface area contributed by atoms with E-state index in [-0.39, 0.29) is 0 Å². The van der Waals surface area contributed by atoms with Gasteiger partial charge in [-0.1, -0.05) is 43.2 Å². The van der Waals surface area contributed by atoms with E-state index in [0.29, 0.717) is 11.4 Å². The lowest BCUT2D eigenvalue weighted by molar-refractivity contribution is 0.390. The predicted molar refractivity (Wildman–Crippen MR) is 96.2 cm³/mol. The lowest BCUT2D eigenvalue weighted by Crippen LogP contribution is -2.24. The third kappa shape index (κ3) is 5.61. The predicted octanol–water partition coefficient (Wildman–Crippen LogP) is 3.24. The highest BCUT2D eigenvalue weighted by atomic mass is 32.2. The third-order valence-electron chi connectivity index (χ3n) is 3.86. The second kappa shape index (κ2) is 8.43. The number of rotatable bonds is 9. The Balaban J connectivity index is 1.83. The number of hydrogen-bond donors (Lipinski definition) is 1. The third-order valence-corrected chi connectivity index (χ3v) is 5.31. The van der Waals surface area contributed by atoms with Crippen LogP contribution in [-0.2, 0) is 10.0 Å². The van der Waals surface area contributed by atoms with E-state index >= 15 is 0 Å². The van der Waals surface area contributed by atoms with Gasteiger partial charge in [-0.25, -0.2) is 13.1 Å². The SMILES string of the molecule is CN(C)CCCCCCNS(=O)(=O)c1ccc2ccccc2c1. The van der Waals surface area contributed by atoms with Gasteiger partial charge in [0.2, 0.25) is 10.0 Å². The number of nitrogens with one attached hydrogen (secondary N) is 1. The maximum Gasteiger partial charge on any atom is 0.240 e. The molecule has 126 valence electrons. The molecule has 0 heterocycles. The molecule has 0 bridgehead atoms. The second-order valence-corrected chi connectivity index (χ2v) is 7.89. The molecule has 2 aromatic carbocycles. The van der Waals surface area contributed by atoms with Gasteiger partial charge >= 0.3 is 0 Å². The summed E-state index contributed by atoms with van der Waals surface area (Å²) in [5.41, 5.74) is 0. The van der Waals surface area contributed by atoms with Crippen molar-refractivity contribution in [1.82, 2.24) is 9.62 Å². The molecular weight excluding hydrogens is 308 g/mol. The molecular formula is C18H26N2O2S. The Morgan fingerprint density at radius 1 is 0.913 bits per heavy atom. The highest BCUT2D eigenvalue weighted by Gasteiger charge is 2.13. The Kier molecular flexibility index (Phi) is 6.57. The fourth-order valence-corrected chi connectivity index (χ4v) is 3.64. The number of fused-ring (bicyclic) bond motifs is 1. The van der Waals surface area contributed by atoms with Gasteiger partial charge in [0.25, 0.3) is 0 Å². The Morgan fingerprint density at radius 3 is 2.35 bits per heavy atom. The van der Waals surface area contributed by atoms with Crippen LogP contribution >= 0.6 is 0 Å². The van der Waals surface area contributed by atoms with Gasteiger partial charge in [0, 0.05) is 6.54 Å². The van der Waals surface area contributed by atoms with Crippen molar-refractivity contribution < 1.29 is 8.42 Å². The van der Waals surface area contributed by atoms with E-state index in [1.807, 2.05) is 30.3 Å². The second-order valence-electron chi connectivity index (χ2n) is 6.12. The molecule has 23 heavy (non-hydrogen) atoms. The van der Waals surface area contributed by atoms with Crippen molar-refractivity contribution in [3.8, 4) is 0 Å². The number of sulfonamides is 1. The lowest BCUT2D eigenvalue weighted by atomic mass is 10.1. The van der Waals surface area contributed by atoms with Gasteiger partial charge in [0.15, 0.2) is 0 Å². The van der Waals surface area contributed by atoms with Crippen LogP contribution in [0.1, 0.15) is 25.7 Å². The first-order valence-electron chi connectivity index (χ1n) is 8.12. The summed E-state index contributed by atoms with van der Waals surface area (Å²) in [6.45, 7) is 1.58. The molecule has 2 aromatic rings. The quantitative estimate of drug-likeness (QED) is 0.716.